The Labute approximate surface area is 95.6 Å². The molecule has 0 radical (unpaired) electrons. The summed E-state index contributed by atoms with van der Waals surface area (Å²) in [6, 6.07) is -0.970. The molecule has 0 spiro atoms. The highest BCUT2D eigenvalue weighted by Gasteiger charge is 2.23. The van der Waals surface area contributed by atoms with Crippen LogP contribution in [-0.2, 0) is 19.1 Å². The van der Waals surface area contributed by atoms with Gasteiger partial charge >= 0.3 is 11.9 Å². The third-order valence-electron chi connectivity index (χ3n) is 1.45. The first-order chi connectivity index (χ1) is 7.13. The first-order valence-corrected chi connectivity index (χ1v) is 4.94. The van der Waals surface area contributed by atoms with Crippen molar-refractivity contribution in [1.29, 1.82) is 0 Å². The lowest BCUT2D eigenvalue weighted by atomic mass is 10.2. The van der Waals surface area contributed by atoms with E-state index in [-0.39, 0.29) is 12.2 Å². The Bertz CT molecular complexity index is 291. The van der Waals surface area contributed by atoms with E-state index in [1.807, 2.05) is 0 Å². The second-order valence-electron chi connectivity index (χ2n) is 4.52. The smallest absolute Gasteiger partial charge is 0.333 e. The van der Waals surface area contributed by atoms with Gasteiger partial charge in [-0.05, 0) is 27.7 Å². The number of esters is 2. The summed E-state index contributed by atoms with van der Waals surface area (Å²) in [6.07, 6.45) is 0. The van der Waals surface area contributed by atoms with E-state index in [4.69, 9.17) is 15.2 Å². The van der Waals surface area contributed by atoms with Crippen LogP contribution in [-0.4, -0.2) is 30.2 Å². The number of hydrogen-bond donors (Lipinski definition) is 1. The van der Waals surface area contributed by atoms with Crippen LogP contribution in [0.2, 0.25) is 0 Å². The van der Waals surface area contributed by atoms with Gasteiger partial charge in [-0.1, -0.05) is 6.58 Å². The van der Waals surface area contributed by atoms with Gasteiger partial charge in [0.2, 0.25) is 0 Å². The predicted octanol–water partition coefficient (Wildman–Crippen LogP) is 0.775. The van der Waals surface area contributed by atoms with Crippen LogP contribution in [0.5, 0.6) is 0 Å². The molecule has 0 aromatic heterocycles. The van der Waals surface area contributed by atoms with Crippen molar-refractivity contribution in [2.24, 2.45) is 5.73 Å². The van der Waals surface area contributed by atoms with Crippen LogP contribution in [0.4, 0.5) is 0 Å². The summed E-state index contributed by atoms with van der Waals surface area (Å²) in [5, 5.41) is 0. The number of nitrogens with two attached hydrogens (primary N) is 1. The highest BCUT2D eigenvalue weighted by Crippen LogP contribution is 2.08. The number of carbonyl (C=O) groups excluding carboxylic acids is 2. The van der Waals surface area contributed by atoms with E-state index in [1.54, 1.807) is 20.8 Å². The minimum absolute atomic E-state index is 0.208. The van der Waals surface area contributed by atoms with Crippen LogP contribution in [0.15, 0.2) is 12.2 Å². The van der Waals surface area contributed by atoms with Crippen molar-refractivity contribution >= 4 is 11.9 Å². The minimum atomic E-state index is -0.970. The van der Waals surface area contributed by atoms with Gasteiger partial charge in [-0.15, -0.1) is 0 Å². The fourth-order valence-electron chi connectivity index (χ4n) is 0.734. The second-order valence-corrected chi connectivity index (χ2v) is 4.52. The summed E-state index contributed by atoms with van der Waals surface area (Å²) in [4.78, 5) is 22.4. The number of rotatable bonds is 4. The van der Waals surface area contributed by atoms with Crippen molar-refractivity contribution in [3.8, 4) is 0 Å². The minimum Gasteiger partial charge on any atom is -0.460 e. The molecule has 0 bridgehead atoms. The first kappa shape index (κ1) is 14.6. The molecule has 0 rings (SSSR count). The van der Waals surface area contributed by atoms with E-state index in [0.717, 1.165) is 0 Å². The summed E-state index contributed by atoms with van der Waals surface area (Å²) in [5.74, 6) is -1.17. The van der Waals surface area contributed by atoms with Gasteiger partial charge in [0, 0.05) is 5.57 Å². The molecule has 0 aromatic rings. The van der Waals surface area contributed by atoms with Gasteiger partial charge in [-0.3, -0.25) is 4.79 Å². The molecule has 0 aromatic carbocycles. The molecule has 92 valence electrons. The third kappa shape index (κ3) is 6.19. The van der Waals surface area contributed by atoms with Gasteiger partial charge in [0.15, 0.2) is 0 Å². The Balaban J connectivity index is 4.07. The van der Waals surface area contributed by atoms with Gasteiger partial charge in [-0.2, -0.15) is 0 Å². The molecule has 2 N–H and O–H groups in total. The lowest BCUT2D eigenvalue weighted by Gasteiger charge is -2.21. The average Bonchev–Trinajstić information content (AvgIpc) is 2.10. The van der Waals surface area contributed by atoms with Crippen molar-refractivity contribution in [3.63, 3.8) is 0 Å². The summed E-state index contributed by atoms with van der Waals surface area (Å²) < 4.78 is 9.75. The SMILES string of the molecule is C=C(C)C(=O)OC[C@H](N)C(=O)OC(C)(C)C. The summed E-state index contributed by atoms with van der Waals surface area (Å²) in [6.45, 7) is 9.91. The lowest BCUT2D eigenvalue weighted by molar-refractivity contribution is -0.159. The topological polar surface area (TPSA) is 78.6 Å². The van der Waals surface area contributed by atoms with E-state index in [1.165, 1.54) is 6.92 Å². The molecule has 0 saturated carbocycles. The largest absolute Gasteiger partial charge is 0.460 e. The number of carbonyl (C=O) groups is 2. The van der Waals surface area contributed by atoms with E-state index < -0.39 is 23.6 Å². The Morgan fingerprint density at radius 1 is 1.38 bits per heavy atom. The summed E-state index contributed by atoms with van der Waals surface area (Å²) in [7, 11) is 0. The van der Waals surface area contributed by atoms with Crippen molar-refractivity contribution in [1.82, 2.24) is 0 Å². The highest BCUT2D eigenvalue weighted by molar-refractivity contribution is 5.87. The molecule has 0 aliphatic carbocycles. The van der Waals surface area contributed by atoms with E-state index >= 15 is 0 Å². The van der Waals surface area contributed by atoms with E-state index in [2.05, 4.69) is 6.58 Å². The normalized spacial score (nSPS) is 12.8. The fourth-order valence-corrected chi connectivity index (χ4v) is 0.734. The quantitative estimate of drug-likeness (QED) is 0.569. The first-order valence-electron chi connectivity index (χ1n) is 4.94. The monoisotopic (exact) mass is 229 g/mol. The Hall–Kier alpha value is -1.36. The van der Waals surface area contributed by atoms with Crippen LogP contribution >= 0.6 is 0 Å². The van der Waals surface area contributed by atoms with Crippen LogP contribution in [0.25, 0.3) is 0 Å². The Morgan fingerprint density at radius 3 is 2.25 bits per heavy atom. The molecule has 0 unspecified atom stereocenters. The Morgan fingerprint density at radius 2 is 1.88 bits per heavy atom. The zero-order chi connectivity index (χ0) is 12.9. The highest BCUT2D eigenvalue weighted by atomic mass is 16.6. The van der Waals surface area contributed by atoms with Crippen molar-refractivity contribution in [2.45, 2.75) is 39.3 Å². The molecule has 0 saturated heterocycles. The maximum absolute atomic E-state index is 11.4. The second kappa shape index (κ2) is 5.65. The van der Waals surface area contributed by atoms with Crippen LogP contribution in [0.1, 0.15) is 27.7 Å². The maximum Gasteiger partial charge on any atom is 0.333 e. The molecule has 5 heteroatoms. The van der Waals surface area contributed by atoms with Crippen LogP contribution in [0.3, 0.4) is 0 Å². The van der Waals surface area contributed by atoms with Gasteiger partial charge in [0.1, 0.15) is 18.2 Å². The zero-order valence-corrected chi connectivity index (χ0v) is 10.2. The summed E-state index contributed by atoms with van der Waals surface area (Å²) in [5.41, 5.74) is 5.15. The van der Waals surface area contributed by atoms with Crippen molar-refractivity contribution in [3.05, 3.63) is 12.2 Å². The van der Waals surface area contributed by atoms with E-state index in [9.17, 15) is 9.59 Å². The summed E-state index contributed by atoms with van der Waals surface area (Å²) >= 11 is 0. The molecule has 0 amide bonds. The Kier molecular flexibility index (Phi) is 5.17. The van der Waals surface area contributed by atoms with Gasteiger partial charge in [0.25, 0.3) is 0 Å². The third-order valence-corrected chi connectivity index (χ3v) is 1.45. The zero-order valence-electron chi connectivity index (χ0n) is 10.2. The van der Waals surface area contributed by atoms with Crippen molar-refractivity contribution in [2.75, 3.05) is 6.61 Å². The molecule has 0 aliphatic rings. The predicted molar refractivity (Wildman–Crippen MR) is 59.6 cm³/mol. The number of hydrogen-bond acceptors (Lipinski definition) is 5. The molecule has 5 nitrogen and oxygen atoms in total. The standard InChI is InChI=1S/C11H19NO4/c1-7(2)9(13)15-6-8(12)10(14)16-11(3,4)5/h8H,1,6,12H2,2-5H3/t8-/m0/s1. The van der Waals surface area contributed by atoms with Gasteiger partial charge in [-0.25, -0.2) is 4.79 Å². The van der Waals surface area contributed by atoms with Gasteiger partial charge < -0.3 is 15.2 Å². The average molecular weight is 229 g/mol. The molecular weight excluding hydrogens is 210 g/mol. The number of ether oxygens (including phenoxy) is 2. The van der Waals surface area contributed by atoms with E-state index in [0.29, 0.717) is 0 Å². The molecular formula is C11H19NO4. The molecule has 0 fully saturated rings. The molecule has 0 heterocycles. The maximum atomic E-state index is 11.4. The molecule has 1 atom stereocenters. The fraction of sp³-hybridized carbons (Fsp3) is 0.636. The lowest BCUT2D eigenvalue weighted by Crippen LogP contribution is -2.41. The van der Waals surface area contributed by atoms with Gasteiger partial charge in [0.05, 0.1) is 0 Å². The van der Waals surface area contributed by atoms with Crippen LogP contribution < -0.4 is 5.73 Å². The molecule has 0 aliphatic heterocycles. The van der Waals surface area contributed by atoms with Crippen molar-refractivity contribution < 1.29 is 19.1 Å². The van der Waals surface area contributed by atoms with Crippen LogP contribution in [0, 0.1) is 0 Å². The molecule has 16 heavy (non-hydrogen) atoms.